The highest BCUT2D eigenvalue weighted by Gasteiger charge is 2.40. The number of benzene rings is 1. The van der Waals surface area contributed by atoms with E-state index in [0.29, 0.717) is 13.0 Å². The van der Waals surface area contributed by atoms with Crippen LogP contribution in [0.15, 0.2) is 24.3 Å². The van der Waals surface area contributed by atoms with Crippen molar-refractivity contribution in [2.24, 2.45) is 0 Å². The highest BCUT2D eigenvalue weighted by molar-refractivity contribution is 5.76. The molecule has 0 saturated carbocycles. The average Bonchev–Trinajstić information content (AvgIpc) is 2.59. The summed E-state index contributed by atoms with van der Waals surface area (Å²) in [6, 6.07) is 8.37. The van der Waals surface area contributed by atoms with Gasteiger partial charge in [-0.15, -0.1) is 0 Å². The van der Waals surface area contributed by atoms with Gasteiger partial charge in [-0.2, -0.15) is 0 Å². The zero-order valence-corrected chi connectivity index (χ0v) is 12.7. The number of amides is 1. The summed E-state index contributed by atoms with van der Waals surface area (Å²) >= 11 is 0. The minimum absolute atomic E-state index is 0.0810. The number of carbonyl (C=O) groups excluding carboxylic acids is 1. The van der Waals surface area contributed by atoms with Gasteiger partial charge >= 0.3 is 0 Å². The van der Waals surface area contributed by atoms with Crippen molar-refractivity contribution in [2.75, 3.05) is 6.54 Å². The molecule has 1 amide bonds. The van der Waals surface area contributed by atoms with Crippen LogP contribution in [-0.4, -0.2) is 24.1 Å². The number of rotatable bonds is 5. The third-order valence-electron chi connectivity index (χ3n) is 3.45. The molecule has 1 aromatic rings. The molecule has 2 rings (SSSR count). The molecule has 4 heteroatoms. The quantitative estimate of drug-likeness (QED) is 0.868. The van der Waals surface area contributed by atoms with Gasteiger partial charge in [0, 0.05) is 24.6 Å². The third kappa shape index (κ3) is 3.31. The highest BCUT2D eigenvalue weighted by Crippen LogP contribution is 2.42. The molecule has 0 fully saturated rings. The molecule has 20 heavy (non-hydrogen) atoms. The molecule has 1 aromatic carbocycles. The molecule has 110 valence electrons. The molecule has 0 aliphatic carbocycles. The van der Waals surface area contributed by atoms with Crippen molar-refractivity contribution in [3.8, 4) is 5.75 Å². The molecule has 0 aromatic heterocycles. The van der Waals surface area contributed by atoms with Gasteiger partial charge in [0.15, 0.2) is 0 Å². The van der Waals surface area contributed by atoms with E-state index in [-0.39, 0.29) is 23.6 Å². The van der Waals surface area contributed by atoms with Crippen molar-refractivity contribution in [3.63, 3.8) is 0 Å². The summed E-state index contributed by atoms with van der Waals surface area (Å²) in [6.45, 7) is 8.72. The van der Waals surface area contributed by atoms with Crippen molar-refractivity contribution in [2.45, 2.75) is 51.8 Å². The van der Waals surface area contributed by atoms with Crippen LogP contribution < -0.4 is 15.4 Å². The Morgan fingerprint density at radius 2 is 2.05 bits per heavy atom. The Morgan fingerprint density at radius 3 is 2.75 bits per heavy atom. The van der Waals surface area contributed by atoms with Crippen LogP contribution >= 0.6 is 0 Å². The molecule has 0 saturated heterocycles. The van der Waals surface area contributed by atoms with E-state index in [1.54, 1.807) is 0 Å². The molecule has 1 aliphatic rings. The molecule has 1 atom stereocenters. The fraction of sp³-hybridized carbons (Fsp3) is 0.562. The van der Waals surface area contributed by atoms with Gasteiger partial charge in [0.05, 0.1) is 6.04 Å². The summed E-state index contributed by atoms with van der Waals surface area (Å²) in [4.78, 5) is 11.7. The highest BCUT2D eigenvalue weighted by atomic mass is 16.5. The number of hydrogen-bond acceptors (Lipinski definition) is 3. The second kappa shape index (κ2) is 5.83. The lowest BCUT2D eigenvalue weighted by atomic mass is 9.94. The van der Waals surface area contributed by atoms with Crippen molar-refractivity contribution in [1.29, 1.82) is 0 Å². The van der Waals surface area contributed by atoms with E-state index in [0.717, 1.165) is 5.75 Å². The fourth-order valence-corrected chi connectivity index (χ4v) is 2.61. The summed E-state index contributed by atoms with van der Waals surface area (Å²) in [5.74, 6) is 1.01. The number of ether oxygens (including phenoxy) is 1. The Hall–Kier alpha value is -1.55. The van der Waals surface area contributed by atoms with E-state index in [9.17, 15) is 4.79 Å². The fourth-order valence-electron chi connectivity index (χ4n) is 2.61. The van der Waals surface area contributed by atoms with Gasteiger partial charge in [0.1, 0.15) is 11.4 Å². The Kier molecular flexibility index (Phi) is 4.33. The minimum atomic E-state index is -0.293. The van der Waals surface area contributed by atoms with Crippen molar-refractivity contribution >= 4 is 5.91 Å². The molecule has 0 radical (unpaired) electrons. The number of nitrogens with one attached hydrogen (secondary N) is 2. The second-order valence-electron chi connectivity index (χ2n) is 6.10. The monoisotopic (exact) mass is 276 g/mol. The summed E-state index contributed by atoms with van der Waals surface area (Å²) in [5.41, 5.74) is 0.875. The summed E-state index contributed by atoms with van der Waals surface area (Å²) in [7, 11) is 0. The van der Waals surface area contributed by atoms with E-state index >= 15 is 0 Å². The Morgan fingerprint density at radius 1 is 1.35 bits per heavy atom. The van der Waals surface area contributed by atoms with Gasteiger partial charge in [-0.1, -0.05) is 18.2 Å². The van der Waals surface area contributed by atoms with Gasteiger partial charge in [0.2, 0.25) is 5.91 Å². The van der Waals surface area contributed by atoms with Gasteiger partial charge in [0.25, 0.3) is 0 Å². The SMILES string of the molecule is CC(C)NC(=O)CCNC1c2ccccc2OC1(C)C. The van der Waals surface area contributed by atoms with E-state index < -0.39 is 0 Å². The zero-order valence-electron chi connectivity index (χ0n) is 12.7. The number of hydrogen-bond donors (Lipinski definition) is 2. The largest absolute Gasteiger partial charge is 0.486 e. The average molecular weight is 276 g/mol. The standard InChI is InChI=1S/C16H24N2O2/c1-11(2)18-14(19)9-10-17-15-12-7-5-6-8-13(12)20-16(15,3)4/h5-8,11,15,17H,9-10H2,1-4H3,(H,18,19). The van der Waals surface area contributed by atoms with Crippen molar-refractivity contribution in [3.05, 3.63) is 29.8 Å². The van der Waals surface area contributed by atoms with Crippen LogP contribution in [0.3, 0.4) is 0 Å². The van der Waals surface area contributed by atoms with Crippen LogP contribution in [0.5, 0.6) is 5.75 Å². The topological polar surface area (TPSA) is 50.4 Å². The molecule has 2 N–H and O–H groups in total. The first kappa shape index (κ1) is 14.9. The summed E-state index contributed by atoms with van der Waals surface area (Å²) < 4.78 is 5.97. The van der Waals surface area contributed by atoms with E-state index in [4.69, 9.17) is 4.74 Å². The van der Waals surface area contributed by atoms with Crippen LogP contribution in [0.4, 0.5) is 0 Å². The maximum absolute atomic E-state index is 11.7. The smallest absolute Gasteiger partial charge is 0.221 e. The van der Waals surface area contributed by atoms with Crippen LogP contribution in [0.25, 0.3) is 0 Å². The molecule has 0 spiro atoms. The van der Waals surface area contributed by atoms with Gasteiger partial charge < -0.3 is 15.4 Å². The number of para-hydroxylation sites is 1. The third-order valence-corrected chi connectivity index (χ3v) is 3.45. The van der Waals surface area contributed by atoms with Gasteiger partial charge in [-0.25, -0.2) is 0 Å². The maximum Gasteiger partial charge on any atom is 0.221 e. The lowest BCUT2D eigenvalue weighted by molar-refractivity contribution is -0.121. The van der Waals surface area contributed by atoms with E-state index in [1.807, 2.05) is 32.0 Å². The van der Waals surface area contributed by atoms with Crippen LogP contribution in [0.1, 0.15) is 45.7 Å². The minimum Gasteiger partial charge on any atom is -0.486 e. The molecule has 4 nitrogen and oxygen atoms in total. The molecule has 1 heterocycles. The lowest BCUT2D eigenvalue weighted by Crippen LogP contribution is -2.41. The van der Waals surface area contributed by atoms with Crippen LogP contribution in [0, 0.1) is 0 Å². The van der Waals surface area contributed by atoms with Gasteiger partial charge in [-0.05, 0) is 33.8 Å². The first-order valence-corrected chi connectivity index (χ1v) is 7.21. The zero-order chi connectivity index (χ0) is 14.8. The second-order valence-corrected chi connectivity index (χ2v) is 6.10. The van der Waals surface area contributed by atoms with Crippen molar-refractivity contribution < 1.29 is 9.53 Å². The van der Waals surface area contributed by atoms with Crippen LogP contribution in [0.2, 0.25) is 0 Å². The Labute approximate surface area is 120 Å². The number of carbonyl (C=O) groups is 1. The molecule has 0 bridgehead atoms. The first-order chi connectivity index (χ1) is 9.40. The Balaban J connectivity index is 1.94. The number of fused-ring (bicyclic) bond motifs is 1. The normalized spacial score (nSPS) is 19.6. The van der Waals surface area contributed by atoms with Crippen molar-refractivity contribution in [1.82, 2.24) is 10.6 Å². The van der Waals surface area contributed by atoms with Gasteiger partial charge in [-0.3, -0.25) is 4.79 Å². The first-order valence-electron chi connectivity index (χ1n) is 7.21. The summed E-state index contributed by atoms with van der Waals surface area (Å²) in [5, 5.41) is 6.34. The lowest BCUT2D eigenvalue weighted by Gasteiger charge is -2.27. The molecular formula is C16H24N2O2. The van der Waals surface area contributed by atoms with E-state index in [1.165, 1.54) is 5.56 Å². The molecule has 1 aliphatic heterocycles. The Bertz CT molecular complexity index is 483. The van der Waals surface area contributed by atoms with E-state index in [2.05, 4.69) is 30.5 Å². The maximum atomic E-state index is 11.7. The summed E-state index contributed by atoms with van der Waals surface area (Å²) in [6.07, 6.45) is 0.479. The predicted octanol–water partition coefficient (Wildman–Crippen LogP) is 2.40. The molecular weight excluding hydrogens is 252 g/mol. The molecule has 1 unspecified atom stereocenters. The van der Waals surface area contributed by atoms with Crippen LogP contribution in [-0.2, 0) is 4.79 Å². The predicted molar refractivity (Wildman–Crippen MR) is 79.8 cm³/mol.